The van der Waals surface area contributed by atoms with E-state index in [1.165, 1.54) is 5.56 Å². The number of anilines is 2. The van der Waals surface area contributed by atoms with Gasteiger partial charge in [-0.2, -0.15) is 0 Å². The molecule has 100 valence electrons. The Morgan fingerprint density at radius 2 is 2.00 bits per heavy atom. The first-order chi connectivity index (χ1) is 9.24. The fourth-order valence-corrected chi connectivity index (χ4v) is 2.26. The van der Waals surface area contributed by atoms with Crippen molar-refractivity contribution in [3.8, 4) is 0 Å². The molecule has 0 saturated carbocycles. The van der Waals surface area contributed by atoms with E-state index in [0.717, 1.165) is 24.5 Å². The van der Waals surface area contributed by atoms with Gasteiger partial charge < -0.3 is 10.6 Å². The molecule has 1 aromatic heterocycles. The van der Waals surface area contributed by atoms with Gasteiger partial charge in [0.25, 0.3) is 0 Å². The lowest BCUT2D eigenvalue weighted by atomic mass is 10.1. The molecule has 1 aromatic carbocycles. The van der Waals surface area contributed by atoms with Crippen LogP contribution in [0.1, 0.15) is 12.0 Å². The molecule has 0 aliphatic rings. The quantitative estimate of drug-likeness (QED) is 0.908. The Kier molecular flexibility index (Phi) is 4.77. The molecule has 3 nitrogen and oxygen atoms in total. The molecule has 0 aliphatic heterocycles. The van der Waals surface area contributed by atoms with E-state index in [9.17, 15) is 0 Å². The highest BCUT2D eigenvalue weighted by Gasteiger charge is 2.14. The van der Waals surface area contributed by atoms with E-state index in [1.54, 1.807) is 6.20 Å². The minimum atomic E-state index is 0.646. The zero-order chi connectivity index (χ0) is 13.7. The largest absolute Gasteiger partial charge is 0.330 e. The van der Waals surface area contributed by atoms with Crippen LogP contribution in [0.25, 0.3) is 0 Å². The number of para-hydroxylation sites is 1. The molecule has 4 heteroatoms. The zero-order valence-corrected chi connectivity index (χ0v) is 11.8. The van der Waals surface area contributed by atoms with Crippen LogP contribution < -0.4 is 10.6 Å². The van der Waals surface area contributed by atoms with E-state index in [-0.39, 0.29) is 0 Å². The summed E-state index contributed by atoms with van der Waals surface area (Å²) >= 11 is 6.26. The normalized spacial score (nSPS) is 10.5. The number of hydrogen-bond donors (Lipinski definition) is 1. The van der Waals surface area contributed by atoms with Crippen molar-refractivity contribution >= 4 is 23.1 Å². The van der Waals surface area contributed by atoms with Crippen LogP contribution >= 0.6 is 11.6 Å². The second-order valence-electron chi connectivity index (χ2n) is 4.39. The van der Waals surface area contributed by atoms with Gasteiger partial charge in [0.05, 0.1) is 5.02 Å². The lowest BCUT2D eigenvalue weighted by Gasteiger charge is -2.26. The third-order valence-corrected chi connectivity index (χ3v) is 3.28. The van der Waals surface area contributed by atoms with E-state index in [4.69, 9.17) is 17.3 Å². The molecule has 0 spiro atoms. The SMILES string of the molecule is Cc1ccccc1N(CCCN)c1ncccc1Cl. The first-order valence-electron chi connectivity index (χ1n) is 6.38. The summed E-state index contributed by atoms with van der Waals surface area (Å²) in [7, 11) is 0. The molecule has 0 aliphatic carbocycles. The number of rotatable bonds is 5. The van der Waals surface area contributed by atoms with E-state index < -0.39 is 0 Å². The molecular formula is C15H18ClN3. The fraction of sp³-hybridized carbons (Fsp3) is 0.267. The van der Waals surface area contributed by atoms with E-state index >= 15 is 0 Å². The van der Waals surface area contributed by atoms with Crippen LogP contribution in [-0.2, 0) is 0 Å². The lowest BCUT2D eigenvalue weighted by molar-refractivity contribution is 0.808. The first-order valence-corrected chi connectivity index (χ1v) is 6.75. The monoisotopic (exact) mass is 275 g/mol. The summed E-state index contributed by atoms with van der Waals surface area (Å²) in [5.74, 6) is 0.784. The topological polar surface area (TPSA) is 42.1 Å². The van der Waals surface area contributed by atoms with E-state index in [2.05, 4.69) is 28.9 Å². The molecule has 0 saturated heterocycles. The Morgan fingerprint density at radius 1 is 1.21 bits per heavy atom. The van der Waals surface area contributed by atoms with Crippen LogP contribution in [0.15, 0.2) is 42.6 Å². The van der Waals surface area contributed by atoms with Crippen LogP contribution in [0.2, 0.25) is 5.02 Å². The van der Waals surface area contributed by atoms with Gasteiger partial charge in [-0.25, -0.2) is 4.98 Å². The summed E-state index contributed by atoms with van der Waals surface area (Å²) in [6.07, 6.45) is 2.65. The summed E-state index contributed by atoms with van der Waals surface area (Å²) in [5, 5.41) is 0.655. The Bertz CT molecular complexity index is 497. The number of halogens is 1. The molecule has 0 radical (unpaired) electrons. The molecule has 2 N–H and O–H groups in total. The van der Waals surface area contributed by atoms with Crippen LogP contribution in [0.3, 0.4) is 0 Å². The molecule has 1 heterocycles. The molecule has 0 atom stereocenters. The van der Waals surface area contributed by atoms with Crippen molar-refractivity contribution in [2.75, 3.05) is 18.0 Å². The number of pyridine rings is 1. The minimum absolute atomic E-state index is 0.646. The van der Waals surface area contributed by atoms with Gasteiger partial charge in [-0.1, -0.05) is 29.8 Å². The van der Waals surface area contributed by atoms with Gasteiger partial charge in [-0.3, -0.25) is 0 Å². The van der Waals surface area contributed by atoms with Crippen LogP contribution in [0.4, 0.5) is 11.5 Å². The van der Waals surface area contributed by atoms with Crippen molar-refractivity contribution in [3.05, 3.63) is 53.2 Å². The summed E-state index contributed by atoms with van der Waals surface area (Å²) in [4.78, 5) is 6.53. The van der Waals surface area contributed by atoms with Crippen molar-refractivity contribution in [2.24, 2.45) is 5.73 Å². The van der Waals surface area contributed by atoms with Gasteiger partial charge >= 0.3 is 0 Å². The minimum Gasteiger partial charge on any atom is -0.330 e. The Morgan fingerprint density at radius 3 is 2.68 bits per heavy atom. The first kappa shape index (κ1) is 13.8. The number of benzene rings is 1. The fourth-order valence-electron chi connectivity index (χ4n) is 2.03. The van der Waals surface area contributed by atoms with Gasteiger partial charge in [0.1, 0.15) is 0 Å². The Labute approximate surface area is 119 Å². The highest BCUT2D eigenvalue weighted by molar-refractivity contribution is 6.33. The summed E-state index contributed by atoms with van der Waals surface area (Å²) in [6, 6.07) is 11.9. The van der Waals surface area contributed by atoms with Crippen molar-refractivity contribution in [1.29, 1.82) is 0 Å². The Hall–Kier alpha value is -1.58. The average molecular weight is 276 g/mol. The molecule has 0 fully saturated rings. The maximum Gasteiger partial charge on any atom is 0.151 e. The molecular weight excluding hydrogens is 258 g/mol. The lowest BCUT2D eigenvalue weighted by Crippen LogP contribution is -2.22. The molecule has 19 heavy (non-hydrogen) atoms. The van der Waals surface area contributed by atoms with Gasteiger partial charge in [-0.15, -0.1) is 0 Å². The maximum absolute atomic E-state index is 6.26. The standard InChI is InChI=1S/C15H18ClN3/c1-12-6-2-3-8-14(12)19(11-5-9-17)15-13(16)7-4-10-18-15/h2-4,6-8,10H,5,9,11,17H2,1H3. The predicted octanol–water partition coefficient (Wildman–Crippen LogP) is 3.53. The Balaban J connectivity index is 2.42. The maximum atomic E-state index is 6.26. The van der Waals surface area contributed by atoms with Gasteiger partial charge in [0.2, 0.25) is 0 Å². The zero-order valence-electron chi connectivity index (χ0n) is 11.0. The summed E-state index contributed by atoms with van der Waals surface area (Å²) < 4.78 is 0. The van der Waals surface area contributed by atoms with Crippen molar-refractivity contribution in [1.82, 2.24) is 4.98 Å². The smallest absolute Gasteiger partial charge is 0.151 e. The van der Waals surface area contributed by atoms with Gasteiger partial charge in [-0.05, 0) is 43.7 Å². The van der Waals surface area contributed by atoms with E-state index in [1.807, 2.05) is 24.3 Å². The van der Waals surface area contributed by atoms with Crippen LogP contribution in [-0.4, -0.2) is 18.1 Å². The summed E-state index contributed by atoms with van der Waals surface area (Å²) in [6.45, 7) is 3.53. The third-order valence-electron chi connectivity index (χ3n) is 2.99. The van der Waals surface area contributed by atoms with Crippen molar-refractivity contribution in [3.63, 3.8) is 0 Å². The molecule has 0 bridgehead atoms. The van der Waals surface area contributed by atoms with E-state index in [0.29, 0.717) is 11.6 Å². The van der Waals surface area contributed by atoms with Gasteiger partial charge in [0, 0.05) is 18.4 Å². The second-order valence-corrected chi connectivity index (χ2v) is 4.80. The average Bonchev–Trinajstić information content (AvgIpc) is 2.42. The molecule has 0 unspecified atom stereocenters. The molecule has 2 rings (SSSR count). The van der Waals surface area contributed by atoms with Gasteiger partial charge in [0.15, 0.2) is 5.82 Å². The number of aromatic nitrogens is 1. The van der Waals surface area contributed by atoms with Crippen LogP contribution in [0.5, 0.6) is 0 Å². The summed E-state index contributed by atoms with van der Waals surface area (Å²) in [5.41, 5.74) is 7.95. The number of nitrogens with two attached hydrogens (primary N) is 1. The number of aryl methyl sites for hydroxylation is 1. The highest BCUT2D eigenvalue weighted by Crippen LogP contribution is 2.31. The number of hydrogen-bond acceptors (Lipinski definition) is 3. The molecule has 0 amide bonds. The van der Waals surface area contributed by atoms with Crippen molar-refractivity contribution < 1.29 is 0 Å². The van der Waals surface area contributed by atoms with Crippen LogP contribution in [0, 0.1) is 6.92 Å². The third kappa shape index (κ3) is 3.25. The van der Waals surface area contributed by atoms with Crippen molar-refractivity contribution in [2.45, 2.75) is 13.3 Å². The second kappa shape index (κ2) is 6.55. The predicted molar refractivity (Wildman–Crippen MR) is 81.1 cm³/mol. The highest BCUT2D eigenvalue weighted by atomic mass is 35.5. The molecule has 2 aromatic rings. The number of nitrogens with zero attached hydrogens (tertiary/aromatic N) is 2.